The molecule has 5 nitrogen and oxygen atoms in total. The van der Waals surface area contributed by atoms with E-state index >= 15 is 0 Å². The third kappa shape index (κ3) is 7.89. The smallest absolute Gasteiger partial charge is 0.222 e. The van der Waals surface area contributed by atoms with Crippen molar-refractivity contribution in [1.29, 1.82) is 0 Å². The highest BCUT2D eigenvalue weighted by Gasteiger charge is 2.21. The van der Waals surface area contributed by atoms with Crippen LogP contribution in [-0.2, 0) is 37.3 Å². The summed E-state index contributed by atoms with van der Waals surface area (Å²) in [6, 6.07) is 24.3. The van der Waals surface area contributed by atoms with Crippen LogP contribution in [0.3, 0.4) is 0 Å². The summed E-state index contributed by atoms with van der Waals surface area (Å²) in [5.74, 6) is 1.11. The number of guanidine groups is 1. The molecule has 2 aliphatic rings. The Hall–Kier alpha value is -2.77. The second-order valence-electron chi connectivity index (χ2n) is 10.4. The van der Waals surface area contributed by atoms with Gasteiger partial charge in [0.25, 0.3) is 0 Å². The van der Waals surface area contributed by atoms with Gasteiger partial charge < -0.3 is 15.5 Å². The Morgan fingerprint density at radius 1 is 1.03 bits per heavy atom. The van der Waals surface area contributed by atoms with Gasteiger partial charge in [0.1, 0.15) is 0 Å². The molecular formula is C32H39BrN4OS. The molecule has 5 rings (SSSR count). The largest absolute Gasteiger partial charge is 0.353 e. The number of carbonyl (C=O) groups excluding carboxylic acids is 1. The van der Waals surface area contributed by atoms with E-state index in [9.17, 15) is 4.79 Å². The van der Waals surface area contributed by atoms with Crippen LogP contribution in [0.1, 0.15) is 52.6 Å². The van der Waals surface area contributed by atoms with Crippen LogP contribution >= 0.6 is 28.7 Å². The van der Waals surface area contributed by atoms with E-state index in [2.05, 4.69) is 90.5 Å². The molecule has 1 aliphatic heterocycles. The summed E-state index contributed by atoms with van der Waals surface area (Å²) >= 11 is 1.79. The van der Waals surface area contributed by atoms with Crippen molar-refractivity contribution in [3.63, 3.8) is 0 Å². The number of likely N-dealkylation sites (tertiary alicyclic amines) is 1. The molecule has 1 heterocycles. The van der Waals surface area contributed by atoms with Crippen LogP contribution in [0, 0.1) is 6.92 Å². The first kappa shape index (κ1) is 29.2. The maximum atomic E-state index is 12.1. The van der Waals surface area contributed by atoms with Crippen LogP contribution in [-0.4, -0.2) is 35.6 Å². The van der Waals surface area contributed by atoms with Crippen molar-refractivity contribution in [3.05, 3.63) is 100 Å². The highest BCUT2D eigenvalue weighted by molar-refractivity contribution is 8.93. The van der Waals surface area contributed by atoms with Crippen LogP contribution in [0.2, 0.25) is 0 Å². The van der Waals surface area contributed by atoms with Gasteiger partial charge in [0, 0.05) is 37.0 Å². The zero-order valence-electron chi connectivity index (χ0n) is 22.9. The number of aryl methyl sites for hydroxylation is 2. The van der Waals surface area contributed by atoms with Crippen molar-refractivity contribution in [3.8, 4) is 0 Å². The summed E-state index contributed by atoms with van der Waals surface area (Å²) in [4.78, 5) is 20.4. The Morgan fingerprint density at radius 2 is 1.85 bits per heavy atom. The molecule has 1 unspecified atom stereocenters. The molecule has 0 saturated carbocycles. The molecular weight excluding hydrogens is 568 g/mol. The minimum absolute atomic E-state index is 0. The Labute approximate surface area is 247 Å². The van der Waals surface area contributed by atoms with Crippen molar-refractivity contribution in [1.82, 2.24) is 15.5 Å². The van der Waals surface area contributed by atoms with Gasteiger partial charge in [-0.1, -0.05) is 60.7 Å². The molecule has 3 aromatic carbocycles. The van der Waals surface area contributed by atoms with E-state index in [-0.39, 0.29) is 22.9 Å². The van der Waals surface area contributed by atoms with Crippen LogP contribution in [0.25, 0.3) is 0 Å². The van der Waals surface area contributed by atoms with Crippen molar-refractivity contribution >= 4 is 40.6 Å². The third-order valence-electron chi connectivity index (χ3n) is 7.53. The number of nitrogens with one attached hydrogen (secondary N) is 2. The van der Waals surface area contributed by atoms with Crippen LogP contribution in [0.15, 0.2) is 76.6 Å². The first-order chi connectivity index (χ1) is 18.6. The lowest BCUT2D eigenvalue weighted by molar-refractivity contribution is -0.128. The summed E-state index contributed by atoms with van der Waals surface area (Å²) in [5, 5.41) is 7.37. The molecule has 206 valence electrons. The number of fused-ring (bicyclic) bond motifs is 1. The quantitative estimate of drug-likeness (QED) is 0.182. The Morgan fingerprint density at radius 3 is 2.64 bits per heavy atom. The molecule has 1 amide bonds. The highest BCUT2D eigenvalue weighted by atomic mass is 79.9. The Balaban J connectivity index is 0.00000353. The number of thioether (sulfide) groups is 1. The number of halogens is 1. The predicted octanol–water partition coefficient (Wildman–Crippen LogP) is 6.21. The predicted molar refractivity (Wildman–Crippen MR) is 168 cm³/mol. The monoisotopic (exact) mass is 606 g/mol. The fraction of sp³-hybridized carbons (Fsp3) is 0.375. The standard InChI is InChI=1S/C32H38N4OS.BrH/c1-23-12-13-28(30(17-23)38-2)21-34-32(35-29-15-14-26-9-3-4-10-27(26)19-29)33-20-24-7-5-8-25(18-24)22-36-16-6-11-31(36)37;/h3-5,7-10,12-13,17-18,29H,6,11,14-16,19-22H2,1-2H3,(H2,33,34,35);1H. The summed E-state index contributed by atoms with van der Waals surface area (Å²) in [7, 11) is 0. The number of hydrogen-bond acceptors (Lipinski definition) is 3. The molecule has 0 radical (unpaired) electrons. The van der Waals surface area contributed by atoms with Gasteiger partial charge in [-0.15, -0.1) is 28.7 Å². The van der Waals surface area contributed by atoms with Gasteiger partial charge in [0.2, 0.25) is 5.91 Å². The lowest BCUT2D eigenvalue weighted by atomic mass is 9.88. The first-order valence-corrected chi connectivity index (χ1v) is 14.9. The number of amides is 1. The van der Waals surface area contributed by atoms with E-state index in [1.54, 1.807) is 11.8 Å². The van der Waals surface area contributed by atoms with E-state index in [0.717, 1.165) is 50.3 Å². The van der Waals surface area contributed by atoms with Crippen molar-refractivity contribution in [2.24, 2.45) is 4.99 Å². The third-order valence-corrected chi connectivity index (χ3v) is 8.35. The highest BCUT2D eigenvalue weighted by Crippen LogP contribution is 2.23. The van der Waals surface area contributed by atoms with E-state index < -0.39 is 0 Å². The van der Waals surface area contributed by atoms with Gasteiger partial charge in [-0.2, -0.15) is 0 Å². The minimum Gasteiger partial charge on any atom is -0.353 e. The minimum atomic E-state index is 0. The second kappa shape index (κ2) is 14.0. The average molecular weight is 608 g/mol. The van der Waals surface area contributed by atoms with Gasteiger partial charge in [-0.25, -0.2) is 4.99 Å². The molecule has 1 saturated heterocycles. The molecule has 1 atom stereocenters. The molecule has 1 fully saturated rings. The summed E-state index contributed by atoms with van der Waals surface area (Å²) in [5.41, 5.74) is 7.79. The van der Waals surface area contributed by atoms with Crippen molar-refractivity contribution in [2.75, 3.05) is 12.8 Å². The fourth-order valence-corrected chi connectivity index (χ4v) is 6.14. The summed E-state index contributed by atoms with van der Waals surface area (Å²) in [6.45, 7) is 5.00. The Bertz CT molecular complexity index is 1310. The molecule has 2 N–H and O–H groups in total. The van der Waals surface area contributed by atoms with Crippen LogP contribution in [0.4, 0.5) is 0 Å². The maximum Gasteiger partial charge on any atom is 0.222 e. The average Bonchev–Trinajstić information content (AvgIpc) is 3.34. The van der Waals surface area contributed by atoms with Crippen LogP contribution in [0.5, 0.6) is 0 Å². The molecule has 0 spiro atoms. The van der Waals surface area contributed by atoms with Gasteiger partial charge in [0.15, 0.2) is 5.96 Å². The van der Waals surface area contributed by atoms with Gasteiger partial charge in [0.05, 0.1) is 6.54 Å². The fourth-order valence-electron chi connectivity index (χ4n) is 5.43. The first-order valence-electron chi connectivity index (χ1n) is 13.7. The van der Waals surface area contributed by atoms with E-state index in [1.807, 2.05) is 4.90 Å². The topological polar surface area (TPSA) is 56.7 Å². The number of hydrogen-bond donors (Lipinski definition) is 2. The normalized spacial score (nSPS) is 17.0. The van der Waals surface area contributed by atoms with E-state index in [1.165, 1.54) is 32.7 Å². The molecule has 0 bridgehead atoms. The summed E-state index contributed by atoms with van der Waals surface area (Å²) < 4.78 is 0. The number of carbonyl (C=O) groups is 1. The maximum absolute atomic E-state index is 12.1. The number of rotatable bonds is 8. The van der Waals surface area contributed by atoms with Gasteiger partial charge in [-0.05, 0) is 78.3 Å². The van der Waals surface area contributed by atoms with Crippen molar-refractivity contribution < 1.29 is 4.79 Å². The second-order valence-corrected chi connectivity index (χ2v) is 11.3. The van der Waals surface area contributed by atoms with E-state index in [0.29, 0.717) is 25.6 Å². The molecule has 0 aromatic heterocycles. The van der Waals surface area contributed by atoms with E-state index in [4.69, 9.17) is 4.99 Å². The van der Waals surface area contributed by atoms with Gasteiger partial charge >= 0.3 is 0 Å². The molecule has 1 aliphatic carbocycles. The SMILES string of the molecule is Br.CSc1cc(C)ccc1CNC(=NCc1cccc(CN2CCCC2=O)c1)NC1CCc2ccccc2C1. The lowest BCUT2D eigenvalue weighted by Crippen LogP contribution is -2.45. The Kier molecular flexibility index (Phi) is 10.5. The lowest BCUT2D eigenvalue weighted by Gasteiger charge is -2.27. The summed E-state index contributed by atoms with van der Waals surface area (Å²) in [6.07, 6.45) is 6.97. The van der Waals surface area contributed by atoms with Crippen molar-refractivity contribution in [2.45, 2.75) is 69.6 Å². The van der Waals surface area contributed by atoms with Crippen LogP contribution < -0.4 is 10.6 Å². The molecule has 39 heavy (non-hydrogen) atoms. The molecule has 7 heteroatoms. The number of nitrogens with zero attached hydrogens (tertiary/aromatic N) is 2. The number of aliphatic imine (C=N–C) groups is 1. The zero-order valence-corrected chi connectivity index (χ0v) is 25.4. The molecule has 3 aromatic rings. The zero-order chi connectivity index (χ0) is 26.3. The van der Waals surface area contributed by atoms with Gasteiger partial charge in [-0.3, -0.25) is 4.79 Å². The number of benzene rings is 3.